The van der Waals surface area contributed by atoms with Crippen LogP contribution >= 0.6 is 7.82 Å². The fraction of sp³-hybridized carbons (Fsp3) is 0.804. The van der Waals surface area contributed by atoms with Gasteiger partial charge in [0.15, 0.2) is 6.10 Å². The number of unbranched alkanes of at least 4 members (excludes halogenated alkanes) is 26. The van der Waals surface area contributed by atoms with Crippen molar-refractivity contribution in [2.24, 2.45) is 5.73 Å². The molecule has 0 spiro atoms. The summed E-state index contributed by atoms with van der Waals surface area (Å²) in [4.78, 5) is 35.0. The van der Waals surface area contributed by atoms with Crippen LogP contribution in [0.25, 0.3) is 0 Å². The SMILES string of the molecule is CCCCC/C=C\C/C=C\CCCCCCCCCCCC(=O)OCC(COP(=O)(O)OCCN)OC(=O)CCCCCCCCCCC/C=C\C/C=C\CCCCCCC. The Morgan fingerprint density at radius 3 is 1.28 bits per heavy atom. The van der Waals surface area contributed by atoms with Gasteiger partial charge >= 0.3 is 19.8 Å². The van der Waals surface area contributed by atoms with Gasteiger partial charge in [-0.05, 0) is 77.0 Å². The largest absolute Gasteiger partial charge is 0.472 e. The fourth-order valence-corrected chi connectivity index (χ4v) is 7.70. The number of ether oxygens (including phenoxy) is 2. The minimum absolute atomic E-state index is 0.0511. The zero-order valence-corrected chi connectivity index (χ0v) is 40.3. The number of rotatable bonds is 47. The molecule has 0 saturated carbocycles. The highest BCUT2D eigenvalue weighted by molar-refractivity contribution is 7.47. The maximum absolute atomic E-state index is 12.6. The molecule has 0 aliphatic rings. The molecule has 0 aliphatic heterocycles. The minimum Gasteiger partial charge on any atom is -0.462 e. The van der Waals surface area contributed by atoms with Crippen molar-refractivity contribution in [1.82, 2.24) is 0 Å². The van der Waals surface area contributed by atoms with E-state index in [1.165, 1.54) is 141 Å². The summed E-state index contributed by atoms with van der Waals surface area (Å²) in [6.45, 7) is 3.71. The summed E-state index contributed by atoms with van der Waals surface area (Å²) < 4.78 is 32.9. The lowest BCUT2D eigenvalue weighted by molar-refractivity contribution is -0.161. The van der Waals surface area contributed by atoms with Crippen molar-refractivity contribution in [3.05, 3.63) is 48.6 Å². The van der Waals surface area contributed by atoms with Crippen LogP contribution in [-0.2, 0) is 32.7 Å². The first-order valence-electron chi connectivity index (χ1n) is 25.1. The summed E-state index contributed by atoms with van der Waals surface area (Å²) in [7, 11) is -4.38. The number of carbonyl (C=O) groups is 2. The maximum atomic E-state index is 12.6. The smallest absolute Gasteiger partial charge is 0.462 e. The highest BCUT2D eigenvalue weighted by Crippen LogP contribution is 2.43. The van der Waals surface area contributed by atoms with E-state index in [0.717, 1.165) is 57.8 Å². The molecule has 0 aromatic heterocycles. The van der Waals surface area contributed by atoms with Gasteiger partial charge < -0.3 is 20.1 Å². The molecule has 3 N–H and O–H groups in total. The van der Waals surface area contributed by atoms with Crippen molar-refractivity contribution >= 4 is 19.8 Å². The molecular formula is C51H94NO8P. The molecule has 10 heteroatoms. The van der Waals surface area contributed by atoms with Crippen molar-refractivity contribution in [2.75, 3.05) is 26.4 Å². The van der Waals surface area contributed by atoms with E-state index in [1.807, 2.05) is 0 Å². The van der Waals surface area contributed by atoms with Crippen LogP contribution in [0, 0.1) is 0 Å². The van der Waals surface area contributed by atoms with E-state index in [2.05, 4.69) is 62.5 Å². The molecule has 2 atom stereocenters. The molecule has 0 rings (SSSR count). The number of esters is 2. The molecule has 61 heavy (non-hydrogen) atoms. The molecule has 2 unspecified atom stereocenters. The molecule has 0 fully saturated rings. The Kier molecular flexibility index (Phi) is 45.9. The standard InChI is InChI=1S/C51H94NO8P/c1-3-5-7-9-11-13-15-17-19-21-23-24-26-28-30-32-34-36-38-40-42-44-51(54)60-49(48-59-61(55,56)58-46-45-52)47-57-50(53)43-41-39-37-35-33-31-29-27-25-22-20-18-16-14-12-10-8-6-4-2/h12,14-15,17-18,20-21,23,49H,3-11,13,16,19,22,24-48,52H2,1-2H3,(H,55,56)/b14-12-,17-15-,20-18-,23-21-. The Labute approximate surface area is 375 Å². The Hall–Kier alpha value is -2.03. The zero-order chi connectivity index (χ0) is 44.6. The van der Waals surface area contributed by atoms with Crippen LogP contribution in [0.1, 0.15) is 232 Å². The lowest BCUT2D eigenvalue weighted by Gasteiger charge is -2.19. The number of hydrogen-bond acceptors (Lipinski definition) is 8. The molecule has 0 bridgehead atoms. The summed E-state index contributed by atoms with van der Waals surface area (Å²) in [5.74, 6) is -0.833. The highest BCUT2D eigenvalue weighted by Gasteiger charge is 2.26. The topological polar surface area (TPSA) is 134 Å². The molecular weight excluding hydrogens is 786 g/mol. The van der Waals surface area contributed by atoms with Gasteiger partial charge in [0.1, 0.15) is 6.61 Å². The number of phosphoric acid groups is 1. The zero-order valence-electron chi connectivity index (χ0n) is 39.4. The third-order valence-corrected chi connectivity index (χ3v) is 11.7. The van der Waals surface area contributed by atoms with Crippen LogP contribution in [0.15, 0.2) is 48.6 Å². The third kappa shape index (κ3) is 47.3. The van der Waals surface area contributed by atoms with Gasteiger partial charge in [-0.3, -0.25) is 18.6 Å². The monoisotopic (exact) mass is 880 g/mol. The normalized spacial score (nSPS) is 13.6. The number of nitrogens with two attached hydrogens (primary N) is 1. The first kappa shape index (κ1) is 59.0. The summed E-state index contributed by atoms with van der Waals surface area (Å²) in [6, 6.07) is 0. The second-order valence-electron chi connectivity index (χ2n) is 16.7. The van der Waals surface area contributed by atoms with E-state index in [4.69, 9.17) is 24.3 Å². The molecule has 0 amide bonds. The van der Waals surface area contributed by atoms with Crippen molar-refractivity contribution < 1.29 is 37.6 Å². The Bertz CT molecular complexity index is 1140. The van der Waals surface area contributed by atoms with Gasteiger partial charge in [-0.25, -0.2) is 4.57 Å². The summed E-state index contributed by atoms with van der Waals surface area (Å²) in [5.41, 5.74) is 5.36. The number of carbonyl (C=O) groups excluding carboxylic acids is 2. The van der Waals surface area contributed by atoms with Crippen molar-refractivity contribution in [3.8, 4) is 0 Å². The van der Waals surface area contributed by atoms with Crippen molar-refractivity contribution in [2.45, 2.75) is 238 Å². The Morgan fingerprint density at radius 1 is 0.492 bits per heavy atom. The Balaban J connectivity index is 4.07. The van der Waals surface area contributed by atoms with Crippen LogP contribution in [0.3, 0.4) is 0 Å². The second kappa shape index (κ2) is 47.4. The molecule has 0 heterocycles. The van der Waals surface area contributed by atoms with Gasteiger partial charge in [0.05, 0.1) is 13.2 Å². The predicted molar refractivity (Wildman–Crippen MR) is 257 cm³/mol. The molecule has 9 nitrogen and oxygen atoms in total. The van der Waals surface area contributed by atoms with E-state index < -0.39 is 26.5 Å². The third-order valence-electron chi connectivity index (χ3n) is 10.7. The molecule has 0 aromatic rings. The first-order valence-corrected chi connectivity index (χ1v) is 26.6. The summed E-state index contributed by atoms with van der Waals surface area (Å²) >= 11 is 0. The summed E-state index contributed by atoms with van der Waals surface area (Å²) in [6.07, 6.45) is 55.7. The van der Waals surface area contributed by atoms with Gasteiger partial charge in [0.2, 0.25) is 0 Å². The van der Waals surface area contributed by atoms with Crippen LogP contribution < -0.4 is 5.73 Å². The molecule has 0 radical (unpaired) electrons. The van der Waals surface area contributed by atoms with E-state index in [9.17, 15) is 19.0 Å². The average Bonchev–Trinajstić information content (AvgIpc) is 3.25. The quantitative estimate of drug-likeness (QED) is 0.0265. The Morgan fingerprint density at radius 2 is 0.852 bits per heavy atom. The van der Waals surface area contributed by atoms with E-state index in [1.54, 1.807) is 0 Å². The van der Waals surface area contributed by atoms with Crippen LogP contribution in [0.5, 0.6) is 0 Å². The van der Waals surface area contributed by atoms with E-state index in [0.29, 0.717) is 6.42 Å². The summed E-state index contributed by atoms with van der Waals surface area (Å²) in [5, 5.41) is 0. The molecule has 0 saturated heterocycles. The number of hydrogen-bond donors (Lipinski definition) is 2. The van der Waals surface area contributed by atoms with Crippen LogP contribution in [-0.4, -0.2) is 49.3 Å². The molecule has 0 aromatic carbocycles. The van der Waals surface area contributed by atoms with Gasteiger partial charge in [0, 0.05) is 19.4 Å². The number of phosphoric ester groups is 1. The number of allylic oxidation sites excluding steroid dienone is 8. The second-order valence-corrected chi connectivity index (χ2v) is 18.1. The van der Waals surface area contributed by atoms with Crippen molar-refractivity contribution in [3.63, 3.8) is 0 Å². The molecule has 0 aliphatic carbocycles. The highest BCUT2D eigenvalue weighted by atomic mass is 31.2. The van der Waals surface area contributed by atoms with Gasteiger partial charge in [-0.15, -0.1) is 0 Å². The lowest BCUT2D eigenvalue weighted by atomic mass is 10.1. The van der Waals surface area contributed by atoms with Crippen LogP contribution in [0.2, 0.25) is 0 Å². The lowest BCUT2D eigenvalue weighted by Crippen LogP contribution is -2.29. The van der Waals surface area contributed by atoms with Gasteiger partial charge in [-0.1, -0.05) is 191 Å². The maximum Gasteiger partial charge on any atom is 0.472 e. The first-order chi connectivity index (χ1) is 29.8. The predicted octanol–water partition coefficient (Wildman–Crippen LogP) is 15.1. The fourth-order valence-electron chi connectivity index (χ4n) is 6.93. The van der Waals surface area contributed by atoms with Crippen LogP contribution in [0.4, 0.5) is 0 Å². The minimum atomic E-state index is -4.38. The van der Waals surface area contributed by atoms with E-state index >= 15 is 0 Å². The van der Waals surface area contributed by atoms with Crippen molar-refractivity contribution in [1.29, 1.82) is 0 Å². The van der Waals surface area contributed by atoms with E-state index in [-0.39, 0.29) is 38.6 Å². The average molecular weight is 880 g/mol. The molecule has 356 valence electrons. The van der Waals surface area contributed by atoms with Gasteiger partial charge in [-0.2, -0.15) is 0 Å². The van der Waals surface area contributed by atoms with Gasteiger partial charge in [0.25, 0.3) is 0 Å².